The van der Waals surface area contributed by atoms with E-state index in [1.165, 1.54) is 12.1 Å². The standard InChI is InChI=1S/C13H23N3O3S/c1-11(10-16(2)3)15-20(17,18)13-6-4-12(5-7-13)19-9-8-14/h4-7,11,15H,8-10,14H2,1-3H3. The van der Waals surface area contributed by atoms with Crippen molar-refractivity contribution in [1.82, 2.24) is 9.62 Å². The highest BCUT2D eigenvalue weighted by Crippen LogP contribution is 2.16. The van der Waals surface area contributed by atoms with Gasteiger partial charge in [-0.15, -0.1) is 0 Å². The minimum absolute atomic E-state index is 0.164. The Bertz CT molecular complexity index is 500. The summed E-state index contributed by atoms with van der Waals surface area (Å²) in [6.07, 6.45) is 0. The molecule has 20 heavy (non-hydrogen) atoms. The Morgan fingerprint density at radius 1 is 1.30 bits per heavy atom. The molecule has 114 valence electrons. The molecule has 0 aliphatic carbocycles. The maximum absolute atomic E-state index is 12.2. The van der Waals surface area contributed by atoms with Crippen LogP contribution in [0.15, 0.2) is 29.2 Å². The minimum atomic E-state index is -3.50. The normalized spacial score (nSPS) is 13.4. The fourth-order valence-electron chi connectivity index (χ4n) is 1.81. The molecule has 0 fully saturated rings. The highest BCUT2D eigenvalue weighted by molar-refractivity contribution is 7.89. The van der Waals surface area contributed by atoms with Crippen LogP contribution in [0.3, 0.4) is 0 Å². The summed E-state index contributed by atoms with van der Waals surface area (Å²) >= 11 is 0. The molecule has 6 nitrogen and oxygen atoms in total. The summed E-state index contributed by atoms with van der Waals surface area (Å²) in [4.78, 5) is 2.15. The first-order chi connectivity index (χ1) is 9.35. The van der Waals surface area contributed by atoms with E-state index in [0.29, 0.717) is 25.4 Å². The predicted octanol–water partition coefficient (Wildman–Crippen LogP) is 0.253. The van der Waals surface area contributed by atoms with E-state index >= 15 is 0 Å². The van der Waals surface area contributed by atoms with Crippen molar-refractivity contribution in [3.63, 3.8) is 0 Å². The number of ether oxygens (including phenoxy) is 1. The van der Waals surface area contributed by atoms with Gasteiger partial charge in [-0.1, -0.05) is 0 Å². The van der Waals surface area contributed by atoms with Crippen LogP contribution in [0.25, 0.3) is 0 Å². The van der Waals surface area contributed by atoms with Gasteiger partial charge in [0.1, 0.15) is 12.4 Å². The Hall–Kier alpha value is -1.15. The van der Waals surface area contributed by atoms with E-state index in [0.717, 1.165) is 0 Å². The lowest BCUT2D eigenvalue weighted by Crippen LogP contribution is -2.39. The SMILES string of the molecule is CC(CN(C)C)NS(=O)(=O)c1ccc(OCCN)cc1. The number of hydrogen-bond donors (Lipinski definition) is 2. The maximum Gasteiger partial charge on any atom is 0.240 e. The second-order valence-corrected chi connectivity index (χ2v) is 6.61. The van der Waals surface area contributed by atoms with Crippen LogP contribution in [0.5, 0.6) is 5.75 Å². The van der Waals surface area contributed by atoms with Gasteiger partial charge < -0.3 is 15.4 Å². The molecule has 1 aromatic carbocycles. The average molecular weight is 301 g/mol. The number of nitrogens with zero attached hydrogens (tertiary/aromatic N) is 1. The van der Waals surface area contributed by atoms with Gasteiger partial charge in [0, 0.05) is 19.1 Å². The van der Waals surface area contributed by atoms with Crippen LogP contribution in [-0.2, 0) is 10.0 Å². The van der Waals surface area contributed by atoms with Gasteiger partial charge in [-0.2, -0.15) is 0 Å². The maximum atomic E-state index is 12.2. The molecule has 1 aromatic rings. The summed E-state index contributed by atoms with van der Waals surface area (Å²) < 4.78 is 32.3. The lowest BCUT2D eigenvalue weighted by Gasteiger charge is -2.18. The largest absolute Gasteiger partial charge is 0.492 e. The quantitative estimate of drug-likeness (QED) is 0.719. The van der Waals surface area contributed by atoms with Crippen molar-refractivity contribution in [1.29, 1.82) is 0 Å². The van der Waals surface area contributed by atoms with Crippen molar-refractivity contribution >= 4 is 10.0 Å². The average Bonchev–Trinajstić information content (AvgIpc) is 2.35. The van der Waals surface area contributed by atoms with Gasteiger partial charge in [0.2, 0.25) is 10.0 Å². The zero-order chi connectivity index (χ0) is 15.2. The van der Waals surface area contributed by atoms with Gasteiger partial charge >= 0.3 is 0 Å². The lowest BCUT2D eigenvalue weighted by atomic mass is 10.3. The molecule has 0 saturated carbocycles. The molecule has 1 atom stereocenters. The second kappa shape index (κ2) is 7.58. The number of benzene rings is 1. The van der Waals surface area contributed by atoms with E-state index < -0.39 is 10.0 Å². The molecule has 0 heterocycles. The molecule has 0 amide bonds. The first kappa shape index (κ1) is 16.9. The number of hydrogen-bond acceptors (Lipinski definition) is 5. The van der Waals surface area contributed by atoms with Crippen LogP contribution >= 0.6 is 0 Å². The second-order valence-electron chi connectivity index (χ2n) is 4.89. The fourth-order valence-corrected chi connectivity index (χ4v) is 3.04. The molecule has 1 rings (SSSR count). The number of likely N-dealkylation sites (N-methyl/N-ethyl adjacent to an activating group) is 1. The van der Waals surface area contributed by atoms with Crippen molar-refractivity contribution in [2.24, 2.45) is 5.73 Å². The van der Waals surface area contributed by atoms with Crippen LogP contribution in [0.2, 0.25) is 0 Å². The van der Waals surface area contributed by atoms with E-state index in [2.05, 4.69) is 4.72 Å². The number of rotatable bonds is 8. The van der Waals surface area contributed by atoms with Crippen molar-refractivity contribution in [3.8, 4) is 5.75 Å². The van der Waals surface area contributed by atoms with E-state index in [-0.39, 0.29) is 10.9 Å². The molecule has 1 unspecified atom stereocenters. The van der Waals surface area contributed by atoms with Gasteiger partial charge in [-0.3, -0.25) is 0 Å². The number of nitrogens with one attached hydrogen (secondary N) is 1. The smallest absolute Gasteiger partial charge is 0.240 e. The van der Waals surface area contributed by atoms with Crippen LogP contribution < -0.4 is 15.2 Å². The van der Waals surface area contributed by atoms with Gasteiger partial charge in [0.05, 0.1) is 4.90 Å². The molecule has 0 aliphatic rings. The zero-order valence-corrected chi connectivity index (χ0v) is 13.0. The summed E-state index contributed by atoms with van der Waals surface area (Å²) in [5, 5.41) is 0. The highest BCUT2D eigenvalue weighted by atomic mass is 32.2. The van der Waals surface area contributed by atoms with Crippen LogP contribution in [-0.4, -0.2) is 53.2 Å². The third-order valence-corrected chi connectivity index (χ3v) is 4.12. The topological polar surface area (TPSA) is 84.7 Å². The molecule has 3 N–H and O–H groups in total. The van der Waals surface area contributed by atoms with Gasteiger partial charge in [-0.25, -0.2) is 13.1 Å². The van der Waals surface area contributed by atoms with Crippen molar-refractivity contribution in [2.45, 2.75) is 17.9 Å². The van der Waals surface area contributed by atoms with Gasteiger partial charge in [-0.05, 0) is 45.3 Å². The van der Waals surface area contributed by atoms with Crippen LogP contribution in [0.1, 0.15) is 6.92 Å². The number of nitrogens with two attached hydrogens (primary N) is 1. The molecular weight excluding hydrogens is 278 g/mol. The van der Waals surface area contributed by atoms with Crippen LogP contribution in [0, 0.1) is 0 Å². The Labute approximate surface area is 121 Å². The Kier molecular flexibility index (Phi) is 6.41. The monoisotopic (exact) mass is 301 g/mol. The van der Waals surface area contributed by atoms with E-state index in [9.17, 15) is 8.42 Å². The predicted molar refractivity (Wildman–Crippen MR) is 79.3 cm³/mol. The van der Waals surface area contributed by atoms with Crippen molar-refractivity contribution < 1.29 is 13.2 Å². The summed E-state index contributed by atoms with van der Waals surface area (Å²) in [5.74, 6) is 0.607. The Morgan fingerprint density at radius 2 is 1.90 bits per heavy atom. The summed E-state index contributed by atoms with van der Waals surface area (Å²) in [5.41, 5.74) is 5.34. The number of sulfonamides is 1. The molecule has 0 aromatic heterocycles. The summed E-state index contributed by atoms with van der Waals surface area (Å²) in [6.45, 7) is 3.29. The summed E-state index contributed by atoms with van der Waals surface area (Å²) in [6, 6.07) is 6.14. The van der Waals surface area contributed by atoms with Crippen molar-refractivity contribution in [3.05, 3.63) is 24.3 Å². The molecule has 0 radical (unpaired) electrons. The molecule has 0 aliphatic heterocycles. The molecule has 0 bridgehead atoms. The third kappa shape index (κ3) is 5.46. The third-order valence-electron chi connectivity index (χ3n) is 2.52. The first-order valence-electron chi connectivity index (χ1n) is 6.45. The lowest BCUT2D eigenvalue weighted by molar-refractivity contribution is 0.328. The van der Waals surface area contributed by atoms with E-state index in [4.69, 9.17) is 10.5 Å². The Morgan fingerprint density at radius 3 is 2.40 bits per heavy atom. The van der Waals surface area contributed by atoms with Gasteiger partial charge in [0.25, 0.3) is 0 Å². The minimum Gasteiger partial charge on any atom is -0.492 e. The fraction of sp³-hybridized carbons (Fsp3) is 0.538. The summed E-state index contributed by atoms with van der Waals surface area (Å²) in [7, 11) is 0.295. The first-order valence-corrected chi connectivity index (χ1v) is 7.93. The molecule has 0 saturated heterocycles. The highest BCUT2D eigenvalue weighted by Gasteiger charge is 2.17. The molecule has 7 heteroatoms. The zero-order valence-electron chi connectivity index (χ0n) is 12.2. The van der Waals surface area contributed by atoms with E-state index in [1.807, 2.05) is 25.9 Å². The van der Waals surface area contributed by atoms with E-state index in [1.54, 1.807) is 12.1 Å². The van der Waals surface area contributed by atoms with Crippen LogP contribution in [0.4, 0.5) is 0 Å². The van der Waals surface area contributed by atoms with Crippen molar-refractivity contribution in [2.75, 3.05) is 33.8 Å². The van der Waals surface area contributed by atoms with Gasteiger partial charge in [0.15, 0.2) is 0 Å². The molecule has 0 spiro atoms. The Balaban J connectivity index is 2.72. The molecular formula is C13H23N3O3S.